The second-order valence-corrected chi connectivity index (χ2v) is 5.17. The third-order valence-electron chi connectivity index (χ3n) is 2.48. The molecule has 3 N–H and O–H groups in total. The number of amides is 1. The van der Waals surface area contributed by atoms with Gasteiger partial charge in [-0.15, -0.1) is 0 Å². The predicted octanol–water partition coefficient (Wildman–Crippen LogP) is 1.56. The van der Waals surface area contributed by atoms with Crippen molar-refractivity contribution < 1.29 is 14.3 Å². The third-order valence-corrected chi connectivity index (χ3v) is 2.48. The third kappa shape index (κ3) is 3.43. The van der Waals surface area contributed by atoms with Gasteiger partial charge >= 0.3 is 0 Å². The molecule has 1 amide bonds. The van der Waals surface area contributed by atoms with Gasteiger partial charge < -0.3 is 15.7 Å². The standard InChI is InChI=1S/C13H19FN2O2/c1-8-5-9(15)6-10(11(8)14)12(17)16(4)7-13(2,3)18/h5-6,18H,7,15H2,1-4H3. The Kier molecular flexibility index (Phi) is 3.96. The van der Waals surface area contributed by atoms with Crippen molar-refractivity contribution in [1.82, 2.24) is 4.90 Å². The summed E-state index contributed by atoms with van der Waals surface area (Å²) in [5.41, 5.74) is 5.18. The van der Waals surface area contributed by atoms with Crippen LogP contribution in [0.5, 0.6) is 0 Å². The average Bonchev–Trinajstić information content (AvgIpc) is 2.19. The first-order chi connectivity index (χ1) is 8.11. The number of hydrogen-bond donors (Lipinski definition) is 2. The summed E-state index contributed by atoms with van der Waals surface area (Å²) < 4.78 is 13.9. The molecule has 0 radical (unpaired) electrons. The molecule has 0 atom stereocenters. The fraction of sp³-hybridized carbons (Fsp3) is 0.462. The van der Waals surface area contributed by atoms with Gasteiger partial charge in [-0.3, -0.25) is 4.79 Å². The molecule has 0 aliphatic heterocycles. The van der Waals surface area contributed by atoms with Gasteiger partial charge in [0.15, 0.2) is 0 Å². The van der Waals surface area contributed by atoms with Crippen LogP contribution in [0.4, 0.5) is 10.1 Å². The molecule has 4 nitrogen and oxygen atoms in total. The average molecular weight is 254 g/mol. The summed E-state index contributed by atoms with van der Waals surface area (Å²) in [6, 6.07) is 2.79. The largest absolute Gasteiger partial charge is 0.399 e. The monoisotopic (exact) mass is 254 g/mol. The van der Waals surface area contributed by atoms with E-state index >= 15 is 0 Å². The van der Waals surface area contributed by atoms with Gasteiger partial charge in [-0.05, 0) is 38.5 Å². The summed E-state index contributed by atoms with van der Waals surface area (Å²) >= 11 is 0. The Morgan fingerprint density at radius 2 is 2.06 bits per heavy atom. The number of halogens is 1. The molecule has 1 aromatic carbocycles. The minimum atomic E-state index is -1.03. The van der Waals surface area contributed by atoms with E-state index < -0.39 is 17.3 Å². The topological polar surface area (TPSA) is 66.6 Å². The van der Waals surface area contributed by atoms with E-state index in [1.54, 1.807) is 20.8 Å². The molecule has 1 aromatic rings. The van der Waals surface area contributed by atoms with Gasteiger partial charge in [0.05, 0.1) is 11.2 Å². The maximum atomic E-state index is 13.9. The number of nitrogen functional groups attached to an aromatic ring is 1. The number of nitrogens with zero attached hydrogens (tertiary/aromatic N) is 1. The van der Waals surface area contributed by atoms with Crippen LogP contribution in [0.15, 0.2) is 12.1 Å². The number of anilines is 1. The fourth-order valence-electron chi connectivity index (χ4n) is 1.81. The maximum absolute atomic E-state index is 13.9. The molecule has 0 unspecified atom stereocenters. The highest BCUT2D eigenvalue weighted by atomic mass is 19.1. The van der Waals surface area contributed by atoms with E-state index in [2.05, 4.69) is 0 Å². The van der Waals surface area contributed by atoms with Crippen molar-refractivity contribution in [2.75, 3.05) is 19.3 Å². The highest BCUT2D eigenvalue weighted by molar-refractivity contribution is 5.95. The van der Waals surface area contributed by atoms with Crippen molar-refractivity contribution in [3.63, 3.8) is 0 Å². The Bertz CT molecular complexity index is 467. The van der Waals surface area contributed by atoms with Crippen molar-refractivity contribution in [1.29, 1.82) is 0 Å². The summed E-state index contributed by atoms with van der Waals surface area (Å²) in [5.74, 6) is -1.07. The lowest BCUT2D eigenvalue weighted by atomic mass is 10.1. The zero-order valence-electron chi connectivity index (χ0n) is 11.1. The lowest BCUT2D eigenvalue weighted by Gasteiger charge is -2.26. The van der Waals surface area contributed by atoms with Crippen LogP contribution < -0.4 is 5.73 Å². The Hall–Kier alpha value is -1.62. The lowest BCUT2D eigenvalue weighted by Crippen LogP contribution is -2.40. The van der Waals surface area contributed by atoms with E-state index in [0.717, 1.165) is 0 Å². The number of aliphatic hydroxyl groups is 1. The van der Waals surface area contributed by atoms with Crippen molar-refractivity contribution in [2.24, 2.45) is 0 Å². The number of carbonyl (C=O) groups is 1. The Labute approximate surface area is 106 Å². The molecular formula is C13H19FN2O2. The first-order valence-electron chi connectivity index (χ1n) is 5.65. The quantitative estimate of drug-likeness (QED) is 0.804. The number of benzene rings is 1. The van der Waals surface area contributed by atoms with Gasteiger partial charge in [-0.2, -0.15) is 0 Å². The molecule has 18 heavy (non-hydrogen) atoms. The van der Waals surface area contributed by atoms with Crippen LogP contribution >= 0.6 is 0 Å². The fourth-order valence-corrected chi connectivity index (χ4v) is 1.81. The van der Waals surface area contributed by atoms with Crippen LogP contribution in [0, 0.1) is 12.7 Å². The summed E-state index contributed by atoms with van der Waals surface area (Å²) in [5, 5.41) is 9.65. The molecule has 0 fully saturated rings. The molecule has 100 valence electrons. The minimum absolute atomic E-state index is 0.0701. The van der Waals surface area contributed by atoms with Crippen LogP contribution in [0.2, 0.25) is 0 Å². The molecule has 0 spiro atoms. The molecule has 0 aromatic heterocycles. The van der Waals surface area contributed by atoms with Gasteiger partial charge in [0, 0.05) is 19.3 Å². The minimum Gasteiger partial charge on any atom is -0.399 e. The van der Waals surface area contributed by atoms with E-state index in [1.807, 2.05) is 0 Å². The highest BCUT2D eigenvalue weighted by Crippen LogP contribution is 2.19. The molecule has 0 aliphatic carbocycles. The SMILES string of the molecule is Cc1cc(N)cc(C(=O)N(C)CC(C)(C)O)c1F. The zero-order valence-corrected chi connectivity index (χ0v) is 11.1. The molecule has 0 saturated heterocycles. The zero-order chi connectivity index (χ0) is 14.1. The summed E-state index contributed by atoms with van der Waals surface area (Å²) in [6.07, 6.45) is 0. The van der Waals surface area contributed by atoms with Gasteiger partial charge in [0.25, 0.3) is 5.91 Å². The second kappa shape index (κ2) is 4.94. The van der Waals surface area contributed by atoms with Gasteiger partial charge in [-0.1, -0.05) is 0 Å². The molecule has 1 rings (SSSR count). The normalized spacial score (nSPS) is 11.4. The van der Waals surface area contributed by atoms with Crippen molar-refractivity contribution in [3.8, 4) is 0 Å². The number of nitrogens with two attached hydrogens (primary N) is 1. The van der Waals surface area contributed by atoms with E-state index in [4.69, 9.17) is 5.73 Å². The second-order valence-electron chi connectivity index (χ2n) is 5.17. The number of aryl methyl sites for hydroxylation is 1. The van der Waals surface area contributed by atoms with Gasteiger partial charge in [0.2, 0.25) is 0 Å². The van der Waals surface area contributed by atoms with E-state index in [1.165, 1.54) is 24.1 Å². The van der Waals surface area contributed by atoms with E-state index in [-0.39, 0.29) is 12.1 Å². The molecule has 0 aliphatic rings. The number of likely N-dealkylation sites (N-methyl/N-ethyl adjacent to an activating group) is 1. The Morgan fingerprint density at radius 1 is 1.50 bits per heavy atom. The van der Waals surface area contributed by atoms with Gasteiger partial charge in [0.1, 0.15) is 5.82 Å². The molecular weight excluding hydrogens is 235 g/mol. The Morgan fingerprint density at radius 3 is 2.56 bits per heavy atom. The maximum Gasteiger partial charge on any atom is 0.256 e. The number of hydrogen-bond acceptors (Lipinski definition) is 3. The lowest BCUT2D eigenvalue weighted by molar-refractivity contribution is 0.0365. The van der Waals surface area contributed by atoms with Crippen LogP contribution in [-0.2, 0) is 0 Å². The number of rotatable bonds is 3. The Balaban J connectivity index is 3.04. The van der Waals surface area contributed by atoms with E-state index in [0.29, 0.717) is 11.3 Å². The van der Waals surface area contributed by atoms with Crippen LogP contribution in [0.25, 0.3) is 0 Å². The van der Waals surface area contributed by atoms with Crippen LogP contribution in [-0.4, -0.2) is 35.1 Å². The van der Waals surface area contributed by atoms with Crippen molar-refractivity contribution >= 4 is 11.6 Å². The first-order valence-corrected chi connectivity index (χ1v) is 5.65. The van der Waals surface area contributed by atoms with Crippen molar-refractivity contribution in [2.45, 2.75) is 26.4 Å². The van der Waals surface area contributed by atoms with Crippen LogP contribution in [0.3, 0.4) is 0 Å². The first kappa shape index (κ1) is 14.4. The van der Waals surface area contributed by atoms with Crippen molar-refractivity contribution in [3.05, 3.63) is 29.1 Å². The predicted molar refractivity (Wildman–Crippen MR) is 68.8 cm³/mol. The highest BCUT2D eigenvalue weighted by Gasteiger charge is 2.23. The summed E-state index contributed by atoms with van der Waals surface area (Å²) in [4.78, 5) is 13.3. The molecule has 5 heteroatoms. The summed E-state index contributed by atoms with van der Waals surface area (Å²) in [6.45, 7) is 4.83. The van der Waals surface area contributed by atoms with Crippen LogP contribution in [0.1, 0.15) is 29.8 Å². The van der Waals surface area contributed by atoms with Gasteiger partial charge in [-0.25, -0.2) is 4.39 Å². The molecule has 0 heterocycles. The number of carbonyl (C=O) groups excluding carboxylic acids is 1. The molecule has 0 bridgehead atoms. The smallest absolute Gasteiger partial charge is 0.256 e. The molecule has 0 saturated carbocycles. The van der Waals surface area contributed by atoms with E-state index in [9.17, 15) is 14.3 Å². The summed E-state index contributed by atoms with van der Waals surface area (Å²) in [7, 11) is 1.51.